The van der Waals surface area contributed by atoms with E-state index in [1.807, 2.05) is 31.2 Å². The van der Waals surface area contributed by atoms with Crippen molar-refractivity contribution in [1.29, 1.82) is 5.26 Å². The Morgan fingerprint density at radius 2 is 1.97 bits per heavy atom. The van der Waals surface area contributed by atoms with Gasteiger partial charge in [0.15, 0.2) is 0 Å². The minimum atomic E-state index is -0.624. The van der Waals surface area contributed by atoms with Gasteiger partial charge in [0.25, 0.3) is 0 Å². The number of nitrogens with two attached hydrogens (primary N) is 1. The molecule has 0 bridgehead atoms. The molecule has 1 aliphatic rings. The monoisotopic (exact) mass is 399 g/mol. The molecule has 3 aromatic carbocycles. The Labute approximate surface area is 173 Å². The van der Waals surface area contributed by atoms with E-state index in [0.717, 1.165) is 11.3 Å². The molecule has 3 N–H and O–H groups in total. The third kappa shape index (κ3) is 3.49. The smallest absolute Gasteiger partial charge is 0.205 e. The number of aryl methyl sites for hydroxylation is 1. The topological polar surface area (TPSA) is 91.6 Å². The minimum absolute atomic E-state index is 0.0442. The van der Waals surface area contributed by atoms with Crippen molar-refractivity contribution in [3.8, 4) is 17.6 Å². The lowest BCUT2D eigenvalue weighted by Gasteiger charge is -2.27. The van der Waals surface area contributed by atoms with Crippen LogP contribution in [0.4, 0.5) is 10.1 Å². The average molecular weight is 399 g/mol. The van der Waals surface area contributed by atoms with Crippen LogP contribution in [0, 0.1) is 24.1 Å². The molecule has 5 nitrogen and oxygen atoms in total. The Kier molecular flexibility index (Phi) is 4.95. The highest BCUT2D eigenvalue weighted by molar-refractivity contribution is 5.87. The van der Waals surface area contributed by atoms with Crippen molar-refractivity contribution in [2.75, 3.05) is 0 Å². The normalized spacial score (nSPS) is 15.6. The third-order valence-corrected chi connectivity index (χ3v) is 5.00. The van der Waals surface area contributed by atoms with Gasteiger partial charge in [0, 0.05) is 23.4 Å². The van der Waals surface area contributed by atoms with Crippen LogP contribution < -0.4 is 10.5 Å². The van der Waals surface area contributed by atoms with Crippen LogP contribution in [0.3, 0.4) is 0 Å². The van der Waals surface area contributed by atoms with Crippen molar-refractivity contribution in [2.24, 2.45) is 10.7 Å². The van der Waals surface area contributed by atoms with Crippen LogP contribution in [0.15, 0.2) is 77.1 Å². The molecule has 0 unspecified atom stereocenters. The zero-order valence-electron chi connectivity index (χ0n) is 16.1. The molecule has 6 heteroatoms. The molecular weight excluding hydrogens is 381 g/mol. The summed E-state index contributed by atoms with van der Waals surface area (Å²) >= 11 is 0. The van der Waals surface area contributed by atoms with Gasteiger partial charge in [-0.15, -0.1) is 0 Å². The quantitative estimate of drug-likeness (QED) is 0.619. The molecule has 148 valence electrons. The Morgan fingerprint density at radius 1 is 1.17 bits per heavy atom. The van der Waals surface area contributed by atoms with Crippen molar-refractivity contribution >= 4 is 11.9 Å². The number of ether oxygens (including phenoxy) is 1. The van der Waals surface area contributed by atoms with E-state index in [1.54, 1.807) is 24.4 Å². The molecule has 0 amide bonds. The predicted octanol–water partition coefficient (Wildman–Crippen LogP) is 4.81. The zero-order chi connectivity index (χ0) is 21.3. The first-order valence-electron chi connectivity index (χ1n) is 9.27. The summed E-state index contributed by atoms with van der Waals surface area (Å²) in [6.07, 6.45) is 1.55. The van der Waals surface area contributed by atoms with E-state index in [-0.39, 0.29) is 17.2 Å². The molecule has 1 aliphatic heterocycles. The van der Waals surface area contributed by atoms with Gasteiger partial charge in [-0.25, -0.2) is 4.39 Å². The maximum Gasteiger partial charge on any atom is 0.205 e. The van der Waals surface area contributed by atoms with Crippen molar-refractivity contribution in [1.82, 2.24) is 0 Å². The van der Waals surface area contributed by atoms with E-state index in [0.29, 0.717) is 22.4 Å². The number of hydrogen-bond donors (Lipinski definition) is 2. The van der Waals surface area contributed by atoms with Crippen molar-refractivity contribution < 1.29 is 14.2 Å². The lowest BCUT2D eigenvalue weighted by Crippen LogP contribution is -2.21. The number of phenols is 1. The summed E-state index contributed by atoms with van der Waals surface area (Å²) in [6.45, 7) is 1.94. The number of allylic oxidation sites excluding steroid dienone is 1. The van der Waals surface area contributed by atoms with Crippen LogP contribution in [0.25, 0.3) is 0 Å². The van der Waals surface area contributed by atoms with Crippen LogP contribution in [0.1, 0.15) is 28.2 Å². The number of fused-ring (bicyclic) bond motifs is 1. The van der Waals surface area contributed by atoms with E-state index >= 15 is 0 Å². The van der Waals surface area contributed by atoms with Gasteiger partial charge in [0.05, 0.1) is 11.6 Å². The van der Waals surface area contributed by atoms with Crippen molar-refractivity contribution in [3.63, 3.8) is 0 Å². The van der Waals surface area contributed by atoms with Gasteiger partial charge in [-0.1, -0.05) is 30.3 Å². The number of phenolic OH excluding ortho intramolecular Hbond substituents is 1. The number of benzene rings is 3. The SMILES string of the molecule is Cc1ccccc1N=Cc1cc2c(cc1O)OC(N)=C(C#N)[C@H]2c1cccc(F)c1. The molecule has 1 atom stereocenters. The van der Waals surface area contributed by atoms with E-state index < -0.39 is 11.7 Å². The van der Waals surface area contributed by atoms with Crippen LogP contribution in [0.2, 0.25) is 0 Å². The highest BCUT2D eigenvalue weighted by atomic mass is 19.1. The van der Waals surface area contributed by atoms with Gasteiger partial charge < -0.3 is 15.6 Å². The summed E-state index contributed by atoms with van der Waals surface area (Å²) < 4.78 is 19.5. The maximum absolute atomic E-state index is 13.9. The number of hydrogen-bond acceptors (Lipinski definition) is 5. The standard InChI is InChI=1S/C24H18FN3O2/c1-14-5-2-3-8-20(14)28-13-16-10-18-22(11-21(16)29)30-24(27)19(12-26)23(18)15-6-4-7-17(25)9-15/h2-11,13,23,29H,27H2,1H3/t23-/m0/s1. The summed E-state index contributed by atoms with van der Waals surface area (Å²) in [4.78, 5) is 4.46. The number of nitrogens with zero attached hydrogens (tertiary/aromatic N) is 2. The molecular formula is C24H18FN3O2. The van der Waals surface area contributed by atoms with E-state index in [9.17, 15) is 14.8 Å². The molecule has 0 aliphatic carbocycles. The predicted molar refractivity (Wildman–Crippen MR) is 112 cm³/mol. The molecule has 0 aromatic heterocycles. The Morgan fingerprint density at radius 3 is 2.70 bits per heavy atom. The van der Waals surface area contributed by atoms with Crippen LogP contribution in [0.5, 0.6) is 11.5 Å². The van der Waals surface area contributed by atoms with Gasteiger partial charge in [0.1, 0.15) is 29.0 Å². The fraction of sp³-hybridized carbons (Fsp3) is 0.0833. The number of halogens is 1. The van der Waals surface area contributed by atoms with Gasteiger partial charge in [0.2, 0.25) is 5.88 Å². The second-order valence-electron chi connectivity index (χ2n) is 6.97. The average Bonchev–Trinajstić information content (AvgIpc) is 2.72. The Bertz CT molecular complexity index is 1240. The molecule has 0 fully saturated rings. The van der Waals surface area contributed by atoms with Crippen molar-refractivity contribution in [3.05, 3.63) is 100 Å². The summed E-state index contributed by atoms with van der Waals surface area (Å²) in [7, 11) is 0. The largest absolute Gasteiger partial charge is 0.507 e. The summed E-state index contributed by atoms with van der Waals surface area (Å²) in [5.41, 5.74) is 9.49. The number of aromatic hydroxyl groups is 1. The first kappa shape index (κ1) is 19.2. The Hall–Kier alpha value is -4.11. The van der Waals surface area contributed by atoms with Gasteiger partial charge >= 0.3 is 0 Å². The van der Waals surface area contributed by atoms with E-state index in [1.165, 1.54) is 18.2 Å². The minimum Gasteiger partial charge on any atom is -0.507 e. The lowest BCUT2D eigenvalue weighted by molar-refractivity contribution is 0.388. The van der Waals surface area contributed by atoms with Gasteiger partial charge in [-0.2, -0.15) is 5.26 Å². The molecule has 0 saturated heterocycles. The molecule has 1 heterocycles. The summed E-state index contributed by atoms with van der Waals surface area (Å²) in [6, 6.07) is 18.8. The second kappa shape index (κ2) is 7.72. The van der Waals surface area contributed by atoms with Gasteiger partial charge in [-0.05, 0) is 42.3 Å². The molecule has 0 radical (unpaired) electrons. The molecule has 3 aromatic rings. The fourth-order valence-corrected chi connectivity index (χ4v) is 3.49. The second-order valence-corrected chi connectivity index (χ2v) is 6.97. The van der Waals surface area contributed by atoms with E-state index in [2.05, 4.69) is 11.1 Å². The molecule has 4 rings (SSSR count). The highest BCUT2D eigenvalue weighted by Gasteiger charge is 2.31. The highest BCUT2D eigenvalue weighted by Crippen LogP contribution is 2.44. The number of aliphatic imine (C=N–C) groups is 1. The fourth-order valence-electron chi connectivity index (χ4n) is 3.49. The number of para-hydroxylation sites is 1. The molecule has 30 heavy (non-hydrogen) atoms. The number of nitriles is 1. The third-order valence-electron chi connectivity index (χ3n) is 5.00. The number of rotatable bonds is 3. The summed E-state index contributed by atoms with van der Waals surface area (Å²) in [5, 5.41) is 20.1. The first-order valence-corrected chi connectivity index (χ1v) is 9.27. The van der Waals surface area contributed by atoms with Crippen LogP contribution in [-0.4, -0.2) is 11.3 Å². The van der Waals surface area contributed by atoms with Crippen LogP contribution >= 0.6 is 0 Å². The molecule has 0 spiro atoms. The maximum atomic E-state index is 13.9. The Balaban J connectivity index is 1.84. The van der Waals surface area contributed by atoms with Crippen molar-refractivity contribution in [2.45, 2.75) is 12.8 Å². The zero-order valence-corrected chi connectivity index (χ0v) is 16.1. The lowest BCUT2D eigenvalue weighted by atomic mass is 9.83. The van der Waals surface area contributed by atoms with Crippen LogP contribution in [-0.2, 0) is 0 Å². The van der Waals surface area contributed by atoms with Gasteiger partial charge in [-0.3, -0.25) is 4.99 Å². The van der Waals surface area contributed by atoms with E-state index in [4.69, 9.17) is 10.5 Å². The molecule has 0 saturated carbocycles. The summed E-state index contributed by atoms with van der Waals surface area (Å²) in [5.74, 6) is -0.847. The first-order chi connectivity index (χ1) is 14.5.